The van der Waals surface area contributed by atoms with Crippen molar-refractivity contribution in [3.63, 3.8) is 0 Å². The molecule has 4 rings (SSSR count). The molecule has 3 aromatic rings. The first-order chi connectivity index (χ1) is 16.9. The van der Waals surface area contributed by atoms with Gasteiger partial charge in [0.2, 0.25) is 21.8 Å². The van der Waals surface area contributed by atoms with Gasteiger partial charge >= 0.3 is 0 Å². The smallest absolute Gasteiger partial charge is 0.247 e. The summed E-state index contributed by atoms with van der Waals surface area (Å²) in [5.74, 6) is -1.23. The zero-order valence-corrected chi connectivity index (χ0v) is 20.0. The molecule has 0 aliphatic carbocycles. The number of amides is 2. The molecule has 8 nitrogen and oxygen atoms in total. The molecule has 35 heavy (non-hydrogen) atoms. The first kappa shape index (κ1) is 24.6. The zero-order chi connectivity index (χ0) is 24.7. The quantitative estimate of drug-likeness (QED) is 0.503. The van der Waals surface area contributed by atoms with E-state index in [4.69, 9.17) is 0 Å². The summed E-state index contributed by atoms with van der Waals surface area (Å²) >= 11 is 0. The van der Waals surface area contributed by atoms with Gasteiger partial charge in [-0.1, -0.05) is 48.5 Å². The van der Waals surface area contributed by atoms with Crippen LogP contribution in [0.5, 0.6) is 0 Å². The van der Waals surface area contributed by atoms with Crippen LogP contribution >= 0.6 is 0 Å². The molecule has 182 valence electrons. The SMILES string of the molecule is O=C(NC(Cc1ccccc1)C(=O)Nc1ccncc1)C1CCCN(S(=O)(=O)c2ccccc2)C1. The van der Waals surface area contributed by atoms with Crippen molar-refractivity contribution < 1.29 is 18.0 Å². The standard InChI is InChI=1S/C26H28N4O4S/c31-25(21-10-7-17-30(19-21)35(33,34)23-11-5-2-6-12-23)29-24(18-20-8-3-1-4-9-20)26(32)28-22-13-15-27-16-14-22/h1-6,8-9,11-16,21,24H,7,10,17-19H2,(H,29,31)(H,27,28,32). The predicted molar refractivity (Wildman–Crippen MR) is 133 cm³/mol. The Morgan fingerprint density at radius 1 is 0.971 bits per heavy atom. The van der Waals surface area contributed by atoms with Gasteiger partial charge in [0.1, 0.15) is 6.04 Å². The van der Waals surface area contributed by atoms with Crippen molar-refractivity contribution in [3.05, 3.63) is 90.8 Å². The summed E-state index contributed by atoms with van der Waals surface area (Å²) < 4.78 is 27.5. The Balaban J connectivity index is 1.48. The normalized spacial score (nSPS) is 17.3. The number of pyridine rings is 1. The highest BCUT2D eigenvalue weighted by Crippen LogP contribution is 2.24. The van der Waals surface area contributed by atoms with E-state index in [-0.39, 0.29) is 23.3 Å². The van der Waals surface area contributed by atoms with Gasteiger partial charge in [0.15, 0.2) is 0 Å². The van der Waals surface area contributed by atoms with E-state index in [0.29, 0.717) is 31.5 Å². The molecule has 2 heterocycles. The summed E-state index contributed by atoms with van der Waals surface area (Å²) in [5, 5.41) is 5.70. The van der Waals surface area contributed by atoms with Crippen molar-refractivity contribution in [2.24, 2.45) is 5.92 Å². The molecule has 0 bridgehead atoms. The number of carbonyl (C=O) groups is 2. The molecule has 1 aliphatic heterocycles. The molecule has 0 radical (unpaired) electrons. The molecule has 0 saturated carbocycles. The van der Waals surface area contributed by atoms with Gasteiger partial charge in [0.05, 0.1) is 10.8 Å². The first-order valence-electron chi connectivity index (χ1n) is 11.5. The minimum absolute atomic E-state index is 0.0765. The molecule has 2 aromatic carbocycles. The second-order valence-electron chi connectivity index (χ2n) is 8.49. The number of hydrogen-bond acceptors (Lipinski definition) is 5. The van der Waals surface area contributed by atoms with E-state index in [2.05, 4.69) is 15.6 Å². The topological polar surface area (TPSA) is 108 Å². The van der Waals surface area contributed by atoms with Crippen LogP contribution in [0.25, 0.3) is 0 Å². The molecule has 1 saturated heterocycles. The van der Waals surface area contributed by atoms with Gasteiger partial charge in [-0.2, -0.15) is 4.31 Å². The maximum atomic E-state index is 13.2. The summed E-state index contributed by atoms with van der Waals surface area (Å²) in [5.41, 5.74) is 1.48. The highest BCUT2D eigenvalue weighted by Gasteiger charge is 2.34. The lowest BCUT2D eigenvalue weighted by atomic mass is 9.97. The minimum Gasteiger partial charge on any atom is -0.344 e. The number of benzene rings is 2. The Morgan fingerprint density at radius 2 is 1.63 bits per heavy atom. The van der Waals surface area contributed by atoms with Crippen LogP contribution < -0.4 is 10.6 Å². The third kappa shape index (κ3) is 6.32. The Morgan fingerprint density at radius 3 is 2.31 bits per heavy atom. The van der Waals surface area contributed by atoms with E-state index in [9.17, 15) is 18.0 Å². The average molecular weight is 493 g/mol. The largest absolute Gasteiger partial charge is 0.344 e. The van der Waals surface area contributed by atoms with Crippen LogP contribution in [0.3, 0.4) is 0 Å². The average Bonchev–Trinajstić information content (AvgIpc) is 2.90. The van der Waals surface area contributed by atoms with Crippen LogP contribution in [0.2, 0.25) is 0 Å². The van der Waals surface area contributed by atoms with Crippen LogP contribution in [0.4, 0.5) is 5.69 Å². The fourth-order valence-electron chi connectivity index (χ4n) is 4.13. The van der Waals surface area contributed by atoms with Gasteiger partial charge in [0, 0.05) is 37.6 Å². The zero-order valence-electron chi connectivity index (χ0n) is 19.2. The highest BCUT2D eigenvalue weighted by atomic mass is 32.2. The molecule has 0 spiro atoms. The van der Waals surface area contributed by atoms with E-state index >= 15 is 0 Å². The number of rotatable bonds is 8. The van der Waals surface area contributed by atoms with Gasteiger partial charge in [-0.3, -0.25) is 14.6 Å². The van der Waals surface area contributed by atoms with Gasteiger partial charge in [-0.25, -0.2) is 8.42 Å². The lowest BCUT2D eigenvalue weighted by molar-refractivity contribution is -0.130. The summed E-state index contributed by atoms with van der Waals surface area (Å²) in [4.78, 5) is 30.5. The van der Waals surface area contributed by atoms with Crippen LogP contribution in [0.1, 0.15) is 18.4 Å². The lowest BCUT2D eigenvalue weighted by Crippen LogP contribution is -2.51. The Kier molecular flexibility index (Phi) is 7.89. The Labute approximate surface area is 205 Å². The predicted octanol–water partition coefficient (Wildman–Crippen LogP) is 2.85. The summed E-state index contributed by atoms with van der Waals surface area (Å²) in [6.07, 6.45) is 4.57. The number of aromatic nitrogens is 1. The Bertz CT molecular complexity index is 1240. The van der Waals surface area contributed by atoms with Crippen molar-refractivity contribution in [1.29, 1.82) is 0 Å². The van der Waals surface area contributed by atoms with Crippen molar-refractivity contribution in [3.8, 4) is 0 Å². The fourth-order valence-corrected chi connectivity index (χ4v) is 5.67. The third-order valence-corrected chi connectivity index (χ3v) is 7.88. The first-order valence-corrected chi connectivity index (χ1v) is 13.0. The van der Waals surface area contributed by atoms with Gasteiger partial charge < -0.3 is 10.6 Å². The molecule has 1 fully saturated rings. The minimum atomic E-state index is -3.69. The number of nitrogens with zero attached hydrogens (tertiary/aromatic N) is 2. The molecular weight excluding hydrogens is 464 g/mol. The van der Waals surface area contributed by atoms with E-state index in [1.165, 1.54) is 4.31 Å². The number of anilines is 1. The van der Waals surface area contributed by atoms with Crippen LogP contribution in [-0.2, 0) is 26.0 Å². The molecule has 2 amide bonds. The number of hydrogen-bond donors (Lipinski definition) is 2. The second kappa shape index (κ2) is 11.2. The van der Waals surface area contributed by atoms with Crippen molar-refractivity contribution >= 4 is 27.5 Å². The molecular formula is C26H28N4O4S. The summed E-state index contributed by atoms with van der Waals surface area (Å²) in [6, 6.07) is 20.2. The maximum Gasteiger partial charge on any atom is 0.247 e. The number of piperidine rings is 1. The van der Waals surface area contributed by atoms with E-state index in [1.807, 2.05) is 30.3 Å². The van der Waals surface area contributed by atoms with Crippen molar-refractivity contribution in [2.75, 3.05) is 18.4 Å². The van der Waals surface area contributed by atoms with E-state index in [1.54, 1.807) is 54.9 Å². The lowest BCUT2D eigenvalue weighted by Gasteiger charge is -2.32. The number of nitrogens with one attached hydrogen (secondary N) is 2. The fraction of sp³-hybridized carbons (Fsp3) is 0.269. The van der Waals surface area contributed by atoms with Gasteiger partial charge in [-0.05, 0) is 42.7 Å². The molecule has 2 atom stereocenters. The maximum absolute atomic E-state index is 13.2. The number of sulfonamides is 1. The summed E-state index contributed by atoms with van der Waals surface area (Å²) in [6.45, 7) is 0.435. The molecule has 1 aliphatic rings. The Hall–Kier alpha value is -3.56. The highest BCUT2D eigenvalue weighted by molar-refractivity contribution is 7.89. The molecule has 2 N–H and O–H groups in total. The third-order valence-electron chi connectivity index (χ3n) is 6.00. The molecule has 9 heteroatoms. The van der Waals surface area contributed by atoms with Gasteiger partial charge in [0.25, 0.3) is 0 Å². The number of carbonyl (C=O) groups excluding carboxylic acids is 2. The second-order valence-corrected chi connectivity index (χ2v) is 10.4. The van der Waals surface area contributed by atoms with Crippen LogP contribution in [0, 0.1) is 5.92 Å². The van der Waals surface area contributed by atoms with Crippen molar-refractivity contribution in [2.45, 2.75) is 30.2 Å². The van der Waals surface area contributed by atoms with Crippen LogP contribution in [0.15, 0.2) is 90.1 Å². The monoisotopic (exact) mass is 492 g/mol. The molecule has 1 aromatic heterocycles. The molecule has 2 unspecified atom stereocenters. The summed E-state index contributed by atoms with van der Waals surface area (Å²) in [7, 11) is -3.69. The van der Waals surface area contributed by atoms with Crippen molar-refractivity contribution in [1.82, 2.24) is 14.6 Å². The van der Waals surface area contributed by atoms with E-state index in [0.717, 1.165) is 5.56 Å². The van der Waals surface area contributed by atoms with Gasteiger partial charge in [-0.15, -0.1) is 0 Å². The van der Waals surface area contributed by atoms with E-state index < -0.39 is 22.0 Å². The van der Waals surface area contributed by atoms with Crippen LogP contribution in [-0.4, -0.2) is 48.7 Å².